The van der Waals surface area contributed by atoms with Crippen molar-refractivity contribution in [2.75, 3.05) is 6.61 Å². The van der Waals surface area contributed by atoms with Crippen LogP contribution in [0.3, 0.4) is 0 Å². The monoisotopic (exact) mass is 482 g/mol. The van der Waals surface area contributed by atoms with Crippen LogP contribution in [0.4, 0.5) is 0 Å². The summed E-state index contributed by atoms with van der Waals surface area (Å²) in [5, 5.41) is 19.4. The van der Waals surface area contributed by atoms with E-state index < -0.39 is 5.41 Å². The molecule has 4 nitrogen and oxygen atoms in total. The van der Waals surface area contributed by atoms with Crippen LogP contribution in [0.25, 0.3) is 0 Å². The fourth-order valence-electron chi connectivity index (χ4n) is 4.31. The van der Waals surface area contributed by atoms with Crippen LogP contribution in [-0.4, -0.2) is 22.9 Å². The second kappa shape index (κ2) is 10.4. The molecule has 0 saturated heterocycles. The maximum atomic E-state index is 9.77. The second-order valence-electron chi connectivity index (χ2n) is 10.2. The average Bonchev–Trinajstić information content (AvgIpc) is 2.88. The summed E-state index contributed by atoms with van der Waals surface area (Å²) in [6, 6.07) is 32.5. The van der Waals surface area contributed by atoms with Crippen LogP contribution in [-0.2, 0) is 10.8 Å². The Hall–Kier alpha value is -3.92. The lowest BCUT2D eigenvalue weighted by Crippen LogP contribution is -2.42. The largest absolute Gasteiger partial charge is 0.508 e. The lowest BCUT2D eigenvalue weighted by Gasteiger charge is -2.35. The number of benzene rings is 4. The summed E-state index contributed by atoms with van der Waals surface area (Å²) in [6.45, 7) is 8.94. The van der Waals surface area contributed by atoms with E-state index in [2.05, 4.69) is 39.8 Å². The highest BCUT2D eigenvalue weighted by atomic mass is 16.5. The number of aromatic hydroxyl groups is 2. The first-order chi connectivity index (χ1) is 17.2. The van der Waals surface area contributed by atoms with Crippen LogP contribution in [0.5, 0.6) is 23.0 Å². The van der Waals surface area contributed by atoms with E-state index in [1.165, 1.54) is 0 Å². The van der Waals surface area contributed by atoms with Gasteiger partial charge >= 0.3 is 0 Å². The normalized spacial score (nSPS) is 12.7. The maximum absolute atomic E-state index is 9.77. The molecule has 0 amide bonds. The smallest absolute Gasteiger partial charge is 0.142 e. The van der Waals surface area contributed by atoms with E-state index in [1.54, 1.807) is 24.3 Å². The summed E-state index contributed by atoms with van der Waals surface area (Å²) in [6.07, 6.45) is -0.293. The van der Waals surface area contributed by atoms with Crippen molar-refractivity contribution in [1.82, 2.24) is 0 Å². The molecule has 0 saturated carbocycles. The molecule has 186 valence electrons. The lowest BCUT2D eigenvalue weighted by molar-refractivity contribution is 0.0715. The molecular weight excluding hydrogens is 448 g/mol. The van der Waals surface area contributed by atoms with E-state index >= 15 is 0 Å². The minimum absolute atomic E-state index is 0.229. The van der Waals surface area contributed by atoms with Crippen molar-refractivity contribution in [3.05, 3.63) is 120 Å². The Bertz CT molecular complexity index is 1240. The zero-order chi connectivity index (χ0) is 25.8. The molecule has 0 aromatic heterocycles. The Balaban J connectivity index is 1.58. The van der Waals surface area contributed by atoms with Crippen LogP contribution >= 0.6 is 0 Å². The third-order valence-corrected chi connectivity index (χ3v) is 7.00. The van der Waals surface area contributed by atoms with Crippen LogP contribution in [0.2, 0.25) is 0 Å². The van der Waals surface area contributed by atoms with Crippen LogP contribution in [0.1, 0.15) is 44.4 Å². The summed E-state index contributed by atoms with van der Waals surface area (Å²) in [4.78, 5) is 0. The number of hydrogen-bond donors (Lipinski definition) is 2. The fraction of sp³-hybridized carbons (Fsp3) is 0.250. The van der Waals surface area contributed by atoms with Gasteiger partial charge in [-0.15, -0.1) is 0 Å². The third kappa shape index (κ3) is 5.65. The summed E-state index contributed by atoms with van der Waals surface area (Å²) >= 11 is 0. The highest BCUT2D eigenvalue weighted by Crippen LogP contribution is 2.35. The van der Waals surface area contributed by atoms with Gasteiger partial charge in [0.05, 0.1) is 0 Å². The minimum Gasteiger partial charge on any atom is -0.508 e. The van der Waals surface area contributed by atoms with E-state index in [0.717, 1.165) is 28.2 Å². The molecule has 0 fully saturated rings. The van der Waals surface area contributed by atoms with Gasteiger partial charge in [0.25, 0.3) is 0 Å². The van der Waals surface area contributed by atoms with E-state index in [1.807, 2.05) is 66.7 Å². The van der Waals surface area contributed by atoms with Gasteiger partial charge in [0, 0.05) is 10.8 Å². The number of rotatable bonds is 9. The molecule has 0 aliphatic rings. The minimum atomic E-state index is -0.396. The average molecular weight is 483 g/mol. The summed E-state index contributed by atoms with van der Waals surface area (Å²) in [5.74, 6) is 2.05. The first-order valence-corrected chi connectivity index (χ1v) is 12.2. The van der Waals surface area contributed by atoms with Gasteiger partial charge in [-0.1, -0.05) is 82.3 Å². The Morgan fingerprint density at radius 3 is 1.58 bits per heavy atom. The van der Waals surface area contributed by atoms with Crippen molar-refractivity contribution in [2.45, 2.75) is 44.6 Å². The van der Waals surface area contributed by atoms with Crippen molar-refractivity contribution in [3.8, 4) is 23.0 Å². The molecule has 0 aliphatic carbocycles. The van der Waals surface area contributed by atoms with Gasteiger partial charge in [0.15, 0.2) is 0 Å². The highest BCUT2D eigenvalue weighted by molar-refractivity contribution is 5.42. The third-order valence-electron chi connectivity index (χ3n) is 7.00. The number of hydrogen-bond acceptors (Lipinski definition) is 4. The first-order valence-electron chi connectivity index (χ1n) is 12.2. The SMILES string of the molecule is CC(C)(c1ccc(O)cc1)c1ccc(OC(COc2ccccc2)C(C)(C)c2ccc(O)cc2)cc1. The zero-order valence-corrected chi connectivity index (χ0v) is 21.3. The summed E-state index contributed by atoms with van der Waals surface area (Å²) in [5.41, 5.74) is 2.69. The van der Waals surface area contributed by atoms with Gasteiger partial charge in [-0.3, -0.25) is 0 Å². The van der Waals surface area contributed by atoms with Crippen LogP contribution in [0, 0.1) is 0 Å². The lowest BCUT2D eigenvalue weighted by atomic mass is 9.78. The molecule has 4 aromatic rings. The van der Waals surface area contributed by atoms with Crippen molar-refractivity contribution in [1.29, 1.82) is 0 Å². The molecule has 0 bridgehead atoms. The number of phenolic OH excluding ortho intramolecular Hbond substituents is 2. The predicted octanol–water partition coefficient (Wildman–Crippen LogP) is 7.23. The van der Waals surface area contributed by atoms with E-state index in [9.17, 15) is 10.2 Å². The summed E-state index contributed by atoms with van der Waals surface area (Å²) in [7, 11) is 0. The first kappa shape index (κ1) is 25.2. The van der Waals surface area contributed by atoms with Crippen molar-refractivity contribution >= 4 is 0 Å². The number of phenols is 2. The van der Waals surface area contributed by atoms with Gasteiger partial charge in [0.1, 0.15) is 35.7 Å². The molecule has 1 atom stereocenters. The quantitative estimate of drug-likeness (QED) is 0.264. The Labute approximate surface area is 213 Å². The van der Waals surface area contributed by atoms with Gasteiger partial charge < -0.3 is 19.7 Å². The Kier molecular flexibility index (Phi) is 7.25. The predicted molar refractivity (Wildman–Crippen MR) is 144 cm³/mol. The highest BCUT2D eigenvalue weighted by Gasteiger charge is 2.34. The molecule has 36 heavy (non-hydrogen) atoms. The fourth-order valence-corrected chi connectivity index (χ4v) is 4.31. The molecule has 1 unspecified atom stereocenters. The molecular formula is C32H34O4. The van der Waals surface area contributed by atoms with Crippen molar-refractivity contribution < 1.29 is 19.7 Å². The van der Waals surface area contributed by atoms with Gasteiger partial charge in [-0.05, 0) is 65.2 Å². The molecule has 0 radical (unpaired) electrons. The van der Waals surface area contributed by atoms with Crippen molar-refractivity contribution in [2.24, 2.45) is 0 Å². The number of ether oxygens (including phenoxy) is 2. The standard InChI is InChI=1S/C32H34O4/c1-31(2,23-10-16-26(33)17-11-23)24-14-20-29(21-15-24)36-30(22-35-28-8-6-5-7-9-28)32(3,4)25-12-18-27(34)19-13-25/h5-21,30,33-34H,22H2,1-4H3. The van der Waals surface area contributed by atoms with Crippen LogP contribution < -0.4 is 9.47 Å². The van der Waals surface area contributed by atoms with E-state index in [-0.39, 0.29) is 23.0 Å². The zero-order valence-electron chi connectivity index (χ0n) is 21.3. The molecule has 2 N–H and O–H groups in total. The van der Waals surface area contributed by atoms with Crippen LogP contribution in [0.15, 0.2) is 103 Å². The topological polar surface area (TPSA) is 58.9 Å². The molecule has 4 aromatic carbocycles. The molecule has 4 rings (SSSR count). The Morgan fingerprint density at radius 1 is 0.583 bits per heavy atom. The molecule has 4 heteroatoms. The maximum Gasteiger partial charge on any atom is 0.142 e. The van der Waals surface area contributed by atoms with E-state index in [0.29, 0.717) is 6.61 Å². The Morgan fingerprint density at radius 2 is 1.06 bits per heavy atom. The van der Waals surface area contributed by atoms with Gasteiger partial charge in [-0.2, -0.15) is 0 Å². The molecule has 0 heterocycles. The summed E-state index contributed by atoms with van der Waals surface area (Å²) < 4.78 is 12.7. The molecule has 0 aliphatic heterocycles. The molecule has 0 spiro atoms. The van der Waals surface area contributed by atoms with Gasteiger partial charge in [0.2, 0.25) is 0 Å². The second-order valence-corrected chi connectivity index (χ2v) is 10.2. The van der Waals surface area contributed by atoms with Gasteiger partial charge in [-0.25, -0.2) is 0 Å². The van der Waals surface area contributed by atoms with Crippen molar-refractivity contribution in [3.63, 3.8) is 0 Å². The van der Waals surface area contributed by atoms with E-state index in [4.69, 9.17) is 9.47 Å². The number of para-hydroxylation sites is 1.